The van der Waals surface area contributed by atoms with Crippen molar-refractivity contribution in [2.24, 2.45) is 0 Å². The summed E-state index contributed by atoms with van der Waals surface area (Å²) in [6.07, 6.45) is 2.84. The molecule has 1 unspecified atom stereocenters. The van der Waals surface area contributed by atoms with Crippen molar-refractivity contribution >= 4 is 5.91 Å². The van der Waals surface area contributed by atoms with Gasteiger partial charge in [-0.05, 0) is 39.8 Å². The van der Waals surface area contributed by atoms with Crippen molar-refractivity contribution in [1.82, 2.24) is 10.2 Å². The van der Waals surface area contributed by atoms with E-state index in [0.29, 0.717) is 13.2 Å². The second-order valence-electron chi connectivity index (χ2n) is 4.22. The largest absolute Gasteiger partial charge is 0.396 e. The van der Waals surface area contributed by atoms with Crippen LogP contribution in [0.4, 0.5) is 0 Å². The third-order valence-corrected chi connectivity index (χ3v) is 2.81. The Kier molecular flexibility index (Phi) is 10.1. The summed E-state index contributed by atoms with van der Waals surface area (Å²) < 4.78 is 4.87. The van der Waals surface area contributed by atoms with E-state index in [9.17, 15) is 4.79 Å². The molecule has 0 spiro atoms. The average molecular weight is 246 g/mol. The predicted octanol–water partition coefficient (Wildman–Crippen LogP) is 0.232. The first-order valence-corrected chi connectivity index (χ1v) is 6.21. The van der Waals surface area contributed by atoms with E-state index in [-0.39, 0.29) is 18.6 Å². The van der Waals surface area contributed by atoms with E-state index in [1.165, 1.54) is 0 Å². The van der Waals surface area contributed by atoms with E-state index in [2.05, 4.69) is 5.32 Å². The fraction of sp³-hybridized carbons (Fsp3) is 0.917. The quantitative estimate of drug-likeness (QED) is 0.542. The van der Waals surface area contributed by atoms with Gasteiger partial charge in [-0.2, -0.15) is 0 Å². The van der Waals surface area contributed by atoms with Crippen molar-refractivity contribution in [2.75, 3.05) is 40.5 Å². The summed E-state index contributed by atoms with van der Waals surface area (Å²) >= 11 is 0. The highest BCUT2D eigenvalue weighted by Crippen LogP contribution is 2.01. The Morgan fingerprint density at radius 1 is 1.41 bits per heavy atom. The molecule has 1 atom stereocenters. The molecule has 0 rings (SSSR count). The van der Waals surface area contributed by atoms with Crippen LogP contribution in [-0.4, -0.2) is 62.4 Å². The second kappa shape index (κ2) is 10.5. The maximum absolute atomic E-state index is 11.7. The number of methoxy groups -OCH3 is 1. The number of aliphatic hydroxyl groups is 1. The minimum absolute atomic E-state index is 0.0340. The predicted molar refractivity (Wildman–Crippen MR) is 67.9 cm³/mol. The lowest BCUT2D eigenvalue weighted by Crippen LogP contribution is -2.44. The van der Waals surface area contributed by atoms with Gasteiger partial charge in [-0.15, -0.1) is 0 Å². The van der Waals surface area contributed by atoms with Gasteiger partial charge in [0.25, 0.3) is 0 Å². The number of aliphatic hydroxyl groups excluding tert-OH is 1. The van der Waals surface area contributed by atoms with Crippen molar-refractivity contribution in [3.05, 3.63) is 0 Å². The lowest BCUT2D eigenvalue weighted by Gasteiger charge is -2.23. The third-order valence-electron chi connectivity index (χ3n) is 2.81. The SMILES string of the molecule is COCCNC(=O)C(C)N(C)CCCCCO. The Hall–Kier alpha value is -0.650. The van der Waals surface area contributed by atoms with Crippen LogP contribution in [0.1, 0.15) is 26.2 Å². The summed E-state index contributed by atoms with van der Waals surface area (Å²) in [5.41, 5.74) is 0. The number of nitrogens with zero attached hydrogens (tertiary/aromatic N) is 1. The number of amides is 1. The molecule has 17 heavy (non-hydrogen) atoms. The molecule has 0 saturated heterocycles. The van der Waals surface area contributed by atoms with Gasteiger partial charge in [0, 0.05) is 20.3 Å². The first kappa shape index (κ1) is 16.4. The third kappa shape index (κ3) is 8.12. The molecule has 5 nitrogen and oxygen atoms in total. The smallest absolute Gasteiger partial charge is 0.237 e. The summed E-state index contributed by atoms with van der Waals surface area (Å²) in [6.45, 7) is 4.11. The molecule has 0 radical (unpaired) electrons. The minimum Gasteiger partial charge on any atom is -0.396 e. The van der Waals surface area contributed by atoms with Crippen molar-refractivity contribution in [3.63, 3.8) is 0 Å². The molecular weight excluding hydrogens is 220 g/mol. The lowest BCUT2D eigenvalue weighted by atomic mass is 10.2. The number of ether oxygens (including phenoxy) is 1. The molecule has 102 valence electrons. The zero-order valence-electron chi connectivity index (χ0n) is 11.2. The van der Waals surface area contributed by atoms with Crippen LogP contribution in [0.25, 0.3) is 0 Å². The summed E-state index contributed by atoms with van der Waals surface area (Å²) in [5, 5.41) is 11.5. The van der Waals surface area contributed by atoms with Gasteiger partial charge in [-0.1, -0.05) is 0 Å². The van der Waals surface area contributed by atoms with E-state index in [1.54, 1.807) is 7.11 Å². The van der Waals surface area contributed by atoms with Gasteiger partial charge in [0.05, 0.1) is 12.6 Å². The van der Waals surface area contributed by atoms with Gasteiger partial charge in [0.2, 0.25) is 5.91 Å². The monoisotopic (exact) mass is 246 g/mol. The van der Waals surface area contributed by atoms with Crippen LogP contribution < -0.4 is 5.32 Å². The fourth-order valence-electron chi connectivity index (χ4n) is 1.47. The Balaban J connectivity index is 3.70. The highest BCUT2D eigenvalue weighted by Gasteiger charge is 2.16. The molecule has 0 aromatic carbocycles. The number of rotatable bonds is 10. The Morgan fingerprint density at radius 3 is 2.71 bits per heavy atom. The molecule has 0 aromatic rings. The molecule has 2 N–H and O–H groups in total. The lowest BCUT2D eigenvalue weighted by molar-refractivity contribution is -0.125. The van der Waals surface area contributed by atoms with Gasteiger partial charge >= 0.3 is 0 Å². The van der Waals surface area contributed by atoms with E-state index in [4.69, 9.17) is 9.84 Å². The average Bonchev–Trinajstić information content (AvgIpc) is 2.33. The standard InChI is InChI=1S/C12H26N2O3/c1-11(12(16)13-7-10-17-3)14(2)8-5-4-6-9-15/h11,15H,4-10H2,1-3H3,(H,13,16). The molecule has 0 heterocycles. The maximum atomic E-state index is 11.7. The topological polar surface area (TPSA) is 61.8 Å². The van der Waals surface area contributed by atoms with Crippen LogP contribution >= 0.6 is 0 Å². The molecular formula is C12H26N2O3. The summed E-state index contributed by atoms with van der Waals surface area (Å²) in [6, 6.07) is -0.124. The van der Waals surface area contributed by atoms with Crippen LogP contribution in [0, 0.1) is 0 Å². The van der Waals surface area contributed by atoms with E-state index >= 15 is 0 Å². The highest BCUT2D eigenvalue weighted by molar-refractivity contribution is 5.81. The fourth-order valence-corrected chi connectivity index (χ4v) is 1.47. The Bertz CT molecular complexity index is 200. The van der Waals surface area contributed by atoms with Gasteiger partial charge in [-0.3, -0.25) is 9.69 Å². The van der Waals surface area contributed by atoms with Crippen LogP contribution in [-0.2, 0) is 9.53 Å². The molecule has 1 amide bonds. The Labute approximate surface area is 104 Å². The van der Waals surface area contributed by atoms with Gasteiger partial charge < -0.3 is 15.2 Å². The molecule has 5 heteroatoms. The van der Waals surface area contributed by atoms with Crippen LogP contribution in [0.2, 0.25) is 0 Å². The van der Waals surface area contributed by atoms with Crippen molar-refractivity contribution in [3.8, 4) is 0 Å². The van der Waals surface area contributed by atoms with Crippen LogP contribution in [0.3, 0.4) is 0 Å². The molecule has 0 saturated carbocycles. The summed E-state index contributed by atoms with van der Waals surface area (Å²) in [7, 11) is 3.56. The minimum atomic E-state index is -0.124. The first-order chi connectivity index (χ1) is 8.13. The second-order valence-corrected chi connectivity index (χ2v) is 4.22. The Morgan fingerprint density at radius 2 is 2.12 bits per heavy atom. The number of hydrogen-bond donors (Lipinski definition) is 2. The van der Waals surface area contributed by atoms with Gasteiger partial charge in [0.1, 0.15) is 0 Å². The number of carbonyl (C=O) groups is 1. The molecule has 0 fully saturated rings. The first-order valence-electron chi connectivity index (χ1n) is 6.21. The number of unbranched alkanes of at least 4 members (excludes halogenated alkanes) is 2. The zero-order valence-corrected chi connectivity index (χ0v) is 11.2. The van der Waals surface area contributed by atoms with Crippen LogP contribution in [0.15, 0.2) is 0 Å². The van der Waals surface area contributed by atoms with Gasteiger partial charge in [-0.25, -0.2) is 0 Å². The number of hydrogen-bond acceptors (Lipinski definition) is 4. The highest BCUT2D eigenvalue weighted by atomic mass is 16.5. The van der Waals surface area contributed by atoms with E-state index in [1.807, 2.05) is 18.9 Å². The summed E-state index contributed by atoms with van der Waals surface area (Å²) in [5.74, 6) is 0.0340. The number of nitrogens with one attached hydrogen (secondary N) is 1. The molecule has 0 aromatic heterocycles. The summed E-state index contributed by atoms with van der Waals surface area (Å²) in [4.78, 5) is 13.7. The normalized spacial score (nSPS) is 12.8. The van der Waals surface area contributed by atoms with Crippen molar-refractivity contribution in [2.45, 2.75) is 32.2 Å². The van der Waals surface area contributed by atoms with E-state index < -0.39 is 0 Å². The van der Waals surface area contributed by atoms with E-state index in [0.717, 1.165) is 25.8 Å². The zero-order chi connectivity index (χ0) is 13.1. The van der Waals surface area contributed by atoms with Crippen LogP contribution in [0.5, 0.6) is 0 Å². The van der Waals surface area contributed by atoms with Crippen molar-refractivity contribution < 1.29 is 14.6 Å². The molecule has 0 aliphatic heterocycles. The molecule has 0 bridgehead atoms. The van der Waals surface area contributed by atoms with Crippen molar-refractivity contribution in [1.29, 1.82) is 0 Å². The van der Waals surface area contributed by atoms with Gasteiger partial charge in [0.15, 0.2) is 0 Å². The molecule has 0 aliphatic carbocycles. The molecule has 0 aliphatic rings. The number of likely N-dealkylation sites (N-methyl/N-ethyl adjacent to an activating group) is 1. The maximum Gasteiger partial charge on any atom is 0.237 e. The number of carbonyl (C=O) groups excluding carboxylic acids is 1.